The summed E-state index contributed by atoms with van der Waals surface area (Å²) in [5, 5.41) is 4.24. The van der Waals surface area contributed by atoms with Crippen molar-refractivity contribution in [3.8, 4) is 0 Å². The Hall–Kier alpha value is -2.09. The molecule has 8 heteroatoms. The molecule has 1 N–H and O–H groups in total. The van der Waals surface area contributed by atoms with Crippen LogP contribution in [0.2, 0.25) is 5.02 Å². The van der Waals surface area contributed by atoms with Crippen molar-refractivity contribution < 1.29 is 9.59 Å². The van der Waals surface area contributed by atoms with Crippen LogP contribution in [0.5, 0.6) is 0 Å². The molecule has 4 rings (SSSR count). The molecular weight excluding hydrogens is 378 g/mol. The maximum Gasteiger partial charge on any atom is 0.328 e. The number of fused-ring (bicyclic) bond motifs is 3. The number of carbonyl (C=O) groups is 2. The number of urea groups is 1. The number of hydrogen-bond acceptors (Lipinski definition) is 5. The zero-order valence-corrected chi connectivity index (χ0v) is 17.2. The highest BCUT2D eigenvalue weighted by Gasteiger charge is 2.56. The van der Waals surface area contributed by atoms with Gasteiger partial charge in [-0.1, -0.05) is 29.8 Å². The molecule has 1 aromatic rings. The third-order valence-corrected chi connectivity index (χ3v) is 6.26. The Morgan fingerprint density at radius 2 is 2.07 bits per heavy atom. The van der Waals surface area contributed by atoms with E-state index in [1.807, 2.05) is 26.0 Å². The topological polar surface area (TPSA) is 59.1 Å². The lowest BCUT2D eigenvalue weighted by Crippen LogP contribution is -2.66. The largest absolute Gasteiger partial charge is 0.343 e. The fraction of sp³-hybridized carbons (Fsp3) is 0.500. The summed E-state index contributed by atoms with van der Waals surface area (Å²) >= 11 is 6.35. The number of carbonyl (C=O) groups excluding carboxylic acids is 2. The van der Waals surface area contributed by atoms with E-state index in [-0.39, 0.29) is 30.9 Å². The molecule has 0 aliphatic carbocycles. The van der Waals surface area contributed by atoms with Gasteiger partial charge in [-0.15, -0.1) is 0 Å². The van der Waals surface area contributed by atoms with Gasteiger partial charge in [0.05, 0.1) is 6.54 Å². The Morgan fingerprint density at radius 3 is 2.79 bits per heavy atom. The SMILES string of the molecule is C=C(C)CN1C(=O)C2C(NC3N(c4cccc(Cl)c4C)CCCN23)N(C)C1=O. The van der Waals surface area contributed by atoms with Gasteiger partial charge in [0.2, 0.25) is 0 Å². The molecular formula is C20H26ClN5O2. The Morgan fingerprint density at radius 1 is 1.32 bits per heavy atom. The third-order valence-electron chi connectivity index (χ3n) is 5.85. The average molecular weight is 404 g/mol. The van der Waals surface area contributed by atoms with Crippen LogP contribution in [-0.4, -0.2) is 71.8 Å². The van der Waals surface area contributed by atoms with Crippen molar-refractivity contribution in [3.05, 3.63) is 40.9 Å². The molecule has 150 valence electrons. The first-order valence-corrected chi connectivity index (χ1v) is 9.95. The van der Waals surface area contributed by atoms with Gasteiger partial charge < -0.3 is 9.80 Å². The van der Waals surface area contributed by atoms with Crippen LogP contribution in [0, 0.1) is 6.92 Å². The van der Waals surface area contributed by atoms with Crippen LogP contribution >= 0.6 is 11.6 Å². The summed E-state index contributed by atoms with van der Waals surface area (Å²) in [6, 6.07) is 5.19. The highest BCUT2D eigenvalue weighted by Crippen LogP contribution is 2.35. The number of likely N-dealkylation sites (N-methyl/N-ethyl adjacent to an activating group) is 1. The van der Waals surface area contributed by atoms with Gasteiger partial charge in [0, 0.05) is 30.8 Å². The van der Waals surface area contributed by atoms with Gasteiger partial charge in [-0.05, 0) is 38.0 Å². The predicted molar refractivity (Wildman–Crippen MR) is 109 cm³/mol. The molecule has 1 aromatic carbocycles. The number of benzene rings is 1. The second-order valence-corrected chi connectivity index (χ2v) is 8.28. The summed E-state index contributed by atoms with van der Waals surface area (Å²) < 4.78 is 0. The highest BCUT2D eigenvalue weighted by molar-refractivity contribution is 6.31. The van der Waals surface area contributed by atoms with E-state index in [4.69, 9.17) is 11.6 Å². The zero-order chi connectivity index (χ0) is 20.2. The first-order valence-electron chi connectivity index (χ1n) is 9.57. The van der Waals surface area contributed by atoms with Gasteiger partial charge in [0.15, 0.2) is 0 Å². The van der Waals surface area contributed by atoms with E-state index in [1.54, 1.807) is 11.9 Å². The molecule has 3 atom stereocenters. The van der Waals surface area contributed by atoms with Gasteiger partial charge in [-0.3, -0.25) is 19.9 Å². The lowest BCUT2D eigenvalue weighted by atomic mass is 10.1. The number of halogens is 1. The second kappa shape index (κ2) is 7.06. The summed E-state index contributed by atoms with van der Waals surface area (Å²) in [7, 11) is 1.75. The fourth-order valence-corrected chi connectivity index (χ4v) is 4.66. The molecule has 3 aliphatic heterocycles. The number of anilines is 1. The van der Waals surface area contributed by atoms with Crippen molar-refractivity contribution in [1.29, 1.82) is 0 Å². The van der Waals surface area contributed by atoms with E-state index >= 15 is 0 Å². The van der Waals surface area contributed by atoms with E-state index < -0.39 is 6.04 Å². The molecule has 0 aromatic heterocycles. The van der Waals surface area contributed by atoms with E-state index in [0.717, 1.165) is 41.4 Å². The number of imide groups is 1. The molecule has 3 aliphatic rings. The summed E-state index contributed by atoms with van der Waals surface area (Å²) in [6.07, 6.45) is 0.412. The van der Waals surface area contributed by atoms with E-state index in [1.165, 1.54) is 4.90 Å². The van der Waals surface area contributed by atoms with Gasteiger partial charge in [-0.25, -0.2) is 4.79 Å². The second-order valence-electron chi connectivity index (χ2n) is 7.87. The number of hydrogen-bond donors (Lipinski definition) is 1. The van der Waals surface area contributed by atoms with Crippen molar-refractivity contribution in [2.45, 2.75) is 38.8 Å². The van der Waals surface area contributed by atoms with Crippen LogP contribution < -0.4 is 10.2 Å². The van der Waals surface area contributed by atoms with Gasteiger partial charge in [-0.2, -0.15) is 0 Å². The van der Waals surface area contributed by atoms with Crippen LogP contribution in [0.4, 0.5) is 10.5 Å². The van der Waals surface area contributed by atoms with Crippen molar-refractivity contribution in [2.24, 2.45) is 0 Å². The first kappa shape index (κ1) is 19.2. The van der Waals surface area contributed by atoms with E-state index in [9.17, 15) is 9.59 Å². The van der Waals surface area contributed by atoms with Crippen LogP contribution in [0.3, 0.4) is 0 Å². The fourth-order valence-electron chi connectivity index (χ4n) is 4.49. The van der Waals surface area contributed by atoms with Crippen molar-refractivity contribution in [2.75, 3.05) is 31.6 Å². The Labute approximate surface area is 170 Å². The van der Waals surface area contributed by atoms with Crippen LogP contribution in [0.15, 0.2) is 30.4 Å². The minimum Gasteiger partial charge on any atom is -0.343 e. The Kier molecular flexibility index (Phi) is 4.85. The normalized spacial score (nSPS) is 27.9. The quantitative estimate of drug-likeness (QED) is 0.784. The van der Waals surface area contributed by atoms with Gasteiger partial charge >= 0.3 is 6.03 Å². The summed E-state index contributed by atoms with van der Waals surface area (Å²) in [5.74, 6) is -0.157. The standard InChI is InChI=1S/C20H26ClN5O2/c1-12(2)11-26-18(27)16-17(23(4)20(26)28)22-19-24(9-6-10-25(16)19)15-8-5-7-14(21)13(15)3/h5,7-8,16-17,19,22H,1,6,9-11H2,2-4H3. The molecule has 3 fully saturated rings. The maximum absolute atomic E-state index is 13.2. The smallest absolute Gasteiger partial charge is 0.328 e. The Balaban J connectivity index is 1.68. The van der Waals surface area contributed by atoms with Crippen molar-refractivity contribution >= 4 is 29.2 Å². The first-order chi connectivity index (χ1) is 13.3. The lowest BCUT2D eigenvalue weighted by Gasteiger charge is -2.44. The summed E-state index contributed by atoms with van der Waals surface area (Å²) in [5.41, 5.74) is 2.85. The molecule has 0 radical (unpaired) electrons. The average Bonchev–Trinajstić information content (AvgIpc) is 3.05. The molecule has 3 unspecified atom stereocenters. The molecule has 3 amide bonds. The third kappa shape index (κ3) is 2.89. The van der Waals surface area contributed by atoms with Crippen LogP contribution in [0.25, 0.3) is 0 Å². The van der Waals surface area contributed by atoms with Crippen LogP contribution in [0.1, 0.15) is 18.9 Å². The van der Waals surface area contributed by atoms with Crippen molar-refractivity contribution in [1.82, 2.24) is 20.0 Å². The molecule has 28 heavy (non-hydrogen) atoms. The molecule has 3 heterocycles. The van der Waals surface area contributed by atoms with Crippen molar-refractivity contribution in [3.63, 3.8) is 0 Å². The van der Waals surface area contributed by atoms with Crippen LogP contribution in [-0.2, 0) is 4.79 Å². The number of nitrogens with zero attached hydrogens (tertiary/aromatic N) is 4. The number of rotatable bonds is 3. The lowest BCUT2D eigenvalue weighted by molar-refractivity contribution is -0.138. The Bertz CT molecular complexity index is 844. The molecule has 0 spiro atoms. The number of amides is 3. The van der Waals surface area contributed by atoms with Gasteiger partial charge in [0.25, 0.3) is 5.91 Å². The minimum atomic E-state index is -0.408. The molecule has 0 bridgehead atoms. The molecule has 7 nitrogen and oxygen atoms in total. The van der Waals surface area contributed by atoms with Gasteiger partial charge in [0.1, 0.15) is 18.5 Å². The molecule has 3 saturated heterocycles. The maximum atomic E-state index is 13.2. The zero-order valence-electron chi connectivity index (χ0n) is 16.5. The predicted octanol–water partition coefficient (Wildman–Crippen LogP) is 2.21. The highest BCUT2D eigenvalue weighted by atomic mass is 35.5. The molecule has 0 saturated carbocycles. The van der Waals surface area contributed by atoms with E-state index in [2.05, 4.69) is 27.8 Å². The monoisotopic (exact) mass is 403 g/mol. The summed E-state index contributed by atoms with van der Waals surface area (Å²) in [6.45, 7) is 9.60. The minimum absolute atomic E-state index is 0.157. The van der Waals surface area contributed by atoms with E-state index in [0.29, 0.717) is 0 Å². The number of nitrogens with one attached hydrogen (secondary N) is 1. The summed E-state index contributed by atoms with van der Waals surface area (Å²) in [4.78, 5) is 33.4.